The average molecular weight is 296 g/mol. The first kappa shape index (κ1) is 13.9. The number of nitrogens with zero attached hydrogens (tertiary/aromatic N) is 3. The Hall–Kier alpha value is -2.54. The summed E-state index contributed by atoms with van der Waals surface area (Å²) in [6, 6.07) is 6.29. The molecule has 1 heterocycles. The maximum absolute atomic E-state index is 13.4. The number of hydrogen-bond donors (Lipinski definition) is 0. The lowest BCUT2D eigenvalue weighted by Gasteiger charge is -2.05. The van der Waals surface area contributed by atoms with Crippen LogP contribution in [0.25, 0.3) is 6.08 Å². The van der Waals surface area contributed by atoms with Gasteiger partial charge in [0.15, 0.2) is 0 Å². The Kier molecular flexibility index (Phi) is 4.21. The van der Waals surface area contributed by atoms with Crippen molar-refractivity contribution in [2.45, 2.75) is 0 Å². The van der Waals surface area contributed by atoms with Crippen molar-refractivity contribution in [2.24, 2.45) is 0 Å². The SMILES string of the molecule is O=[N+]([O-])/C=C/c1cccc(Oc2nc(Cl)ncc2F)c1. The zero-order valence-corrected chi connectivity index (χ0v) is 10.6. The van der Waals surface area contributed by atoms with E-state index in [9.17, 15) is 14.5 Å². The monoisotopic (exact) mass is 295 g/mol. The van der Waals surface area contributed by atoms with Crippen molar-refractivity contribution in [3.63, 3.8) is 0 Å². The molecule has 0 unspecified atom stereocenters. The number of rotatable bonds is 4. The Morgan fingerprint density at radius 3 is 3.00 bits per heavy atom. The smallest absolute Gasteiger partial charge is 0.260 e. The molecule has 2 rings (SSSR count). The summed E-state index contributed by atoms with van der Waals surface area (Å²) in [6.07, 6.45) is 2.97. The summed E-state index contributed by atoms with van der Waals surface area (Å²) in [5.74, 6) is -0.815. The molecule has 1 aromatic heterocycles. The second-order valence-corrected chi connectivity index (χ2v) is 3.91. The van der Waals surface area contributed by atoms with Crippen molar-refractivity contribution in [1.29, 1.82) is 0 Å². The molecular formula is C12H7ClFN3O3. The summed E-state index contributed by atoms with van der Waals surface area (Å²) in [7, 11) is 0. The lowest BCUT2D eigenvalue weighted by molar-refractivity contribution is -0.400. The van der Waals surface area contributed by atoms with Crippen molar-refractivity contribution in [2.75, 3.05) is 0 Å². The predicted molar refractivity (Wildman–Crippen MR) is 69.5 cm³/mol. The first-order valence-corrected chi connectivity index (χ1v) is 5.70. The molecule has 0 aliphatic rings. The van der Waals surface area contributed by atoms with Crippen LogP contribution < -0.4 is 4.74 Å². The fourth-order valence-corrected chi connectivity index (χ4v) is 1.47. The van der Waals surface area contributed by atoms with Gasteiger partial charge in [-0.1, -0.05) is 12.1 Å². The topological polar surface area (TPSA) is 78.2 Å². The Labute approximate surface area is 117 Å². The number of hydrogen-bond acceptors (Lipinski definition) is 5. The van der Waals surface area contributed by atoms with Crippen molar-refractivity contribution < 1.29 is 14.1 Å². The summed E-state index contributed by atoms with van der Waals surface area (Å²) >= 11 is 5.54. The van der Waals surface area contributed by atoms with Gasteiger partial charge in [-0.3, -0.25) is 10.1 Å². The molecule has 0 aliphatic carbocycles. The van der Waals surface area contributed by atoms with Gasteiger partial charge in [0.25, 0.3) is 5.88 Å². The Bertz CT molecular complexity index is 679. The molecule has 0 bridgehead atoms. The average Bonchev–Trinajstić information content (AvgIpc) is 2.41. The third-order valence-electron chi connectivity index (χ3n) is 2.14. The minimum absolute atomic E-state index is 0.147. The van der Waals surface area contributed by atoms with Crippen LogP contribution in [-0.4, -0.2) is 14.9 Å². The summed E-state index contributed by atoms with van der Waals surface area (Å²) in [5, 5.41) is 10.1. The molecular weight excluding hydrogens is 289 g/mol. The summed E-state index contributed by atoms with van der Waals surface area (Å²) < 4.78 is 18.6. The molecule has 6 nitrogen and oxygen atoms in total. The molecule has 0 spiro atoms. The molecule has 0 radical (unpaired) electrons. The zero-order valence-electron chi connectivity index (χ0n) is 9.86. The highest BCUT2D eigenvalue weighted by molar-refractivity contribution is 6.28. The van der Waals surface area contributed by atoms with E-state index in [0.717, 1.165) is 12.4 Å². The molecule has 0 saturated heterocycles. The molecule has 8 heteroatoms. The molecule has 0 fully saturated rings. The maximum Gasteiger partial charge on any atom is 0.260 e. The van der Waals surface area contributed by atoms with E-state index >= 15 is 0 Å². The molecule has 20 heavy (non-hydrogen) atoms. The highest BCUT2D eigenvalue weighted by Gasteiger charge is 2.08. The van der Waals surface area contributed by atoms with Crippen LogP contribution in [0.15, 0.2) is 36.7 Å². The van der Waals surface area contributed by atoms with Gasteiger partial charge in [-0.15, -0.1) is 0 Å². The Balaban J connectivity index is 2.23. The van der Waals surface area contributed by atoms with Crippen LogP contribution in [0.1, 0.15) is 5.56 Å². The summed E-state index contributed by atoms with van der Waals surface area (Å²) in [6.45, 7) is 0. The molecule has 0 aliphatic heterocycles. The lowest BCUT2D eigenvalue weighted by atomic mass is 10.2. The Morgan fingerprint density at radius 1 is 1.45 bits per heavy atom. The number of aromatic nitrogens is 2. The van der Waals surface area contributed by atoms with Gasteiger partial charge in [0.2, 0.25) is 17.3 Å². The minimum atomic E-state index is -0.763. The van der Waals surface area contributed by atoms with Gasteiger partial charge >= 0.3 is 0 Å². The number of benzene rings is 1. The normalized spacial score (nSPS) is 10.7. The molecule has 0 amide bonds. The van der Waals surface area contributed by atoms with Gasteiger partial charge < -0.3 is 4.74 Å². The van der Waals surface area contributed by atoms with Gasteiger partial charge in [0.05, 0.1) is 11.1 Å². The number of nitro groups is 1. The highest BCUT2D eigenvalue weighted by Crippen LogP contribution is 2.24. The van der Waals surface area contributed by atoms with Crippen LogP contribution in [0.3, 0.4) is 0 Å². The molecule has 0 N–H and O–H groups in total. The van der Waals surface area contributed by atoms with Crippen LogP contribution in [0.4, 0.5) is 4.39 Å². The molecule has 102 valence electrons. The van der Waals surface area contributed by atoms with Crippen molar-refractivity contribution in [3.8, 4) is 11.6 Å². The fourth-order valence-electron chi connectivity index (χ4n) is 1.34. The fraction of sp³-hybridized carbons (Fsp3) is 0. The first-order valence-electron chi connectivity index (χ1n) is 5.32. The van der Waals surface area contributed by atoms with Crippen LogP contribution in [0, 0.1) is 15.9 Å². The van der Waals surface area contributed by atoms with Gasteiger partial charge in [-0.2, -0.15) is 9.37 Å². The van der Waals surface area contributed by atoms with Gasteiger partial charge in [-0.05, 0) is 29.3 Å². The van der Waals surface area contributed by atoms with Crippen LogP contribution in [0.2, 0.25) is 5.28 Å². The van der Waals surface area contributed by atoms with Crippen LogP contribution in [0.5, 0.6) is 11.6 Å². The van der Waals surface area contributed by atoms with Crippen LogP contribution in [-0.2, 0) is 0 Å². The van der Waals surface area contributed by atoms with E-state index in [-0.39, 0.29) is 16.9 Å². The zero-order chi connectivity index (χ0) is 14.5. The van der Waals surface area contributed by atoms with E-state index in [4.69, 9.17) is 16.3 Å². The number of ether oxygens (including phenoxy) is 1. The third kappa shape index (κ3) is 3.72. The summed E-state index contributed by atoms with van der Waals surface area (Å²) in [4.78, 5) is 16.7. The molecule has 0 saturated carbocycles. The van der Waals surface area contributed by atoms with Gasteiger partial charge in [0.1, 0.15) is 5.75 Å². The van der Waals surface area contributed by atoms with Crippen LogP contribution >= 0.6 is 11.6 Å². The lowest BCUT2D eigenvalue weighted by Crippen LogP contribution is -1.94. The summed E-state index contributed by atoms with van der Waals surface area (Å²) in [5.41, 5.74) is 0.528. The minimum Gasteiger partial charge on any atom is -0.436 e. The second kappa shape index (κ2) is 6.07. The molecule has 0 atom stereocenters. The standard InChI is InChI=1S/C12H7ClFN3O3/c13-12-15-7-10(14)11(16-12)20-9-3-1-2-8(6-9)4-5-17(18)19/h1-7H/b5-4+. The molecule has 1 aromatic carbocycles. The van der Waals surface area contributed by atoms with Gasteiger partial charge in [0, 0.05) is 6.08 Å². The van der Waals surface area contributed by atoms with E-state index in [0.29, 0.717) is 5.56 Å². The highest BCUT2D eigenvalue weighted by atomic mass is 35.5. The van der Waals surface area contributed by atoms with E-state index in [2.05, 4.69) is 9.97 Å². The first-order chi connectivity index (χ1) is 9.54. The van der Waals surface area contributed by atoms with E-state index in [1.54, 1.807) is 18.2 Å². The van der Waals surface area contributed by atoms with E-state index in [1.807, 2.05) is 0 Å². The van der Waals surface area contributed by atoms with Gasteiger partial charge in [-0.25, -0.2) is 4.98 Å². The second-order valence-electron chi connectivity index (χ2n) is 3.57. The predicted octanol–water partition coefficient (Wildman–Crippen LogP) is 3.31. The van der Waals surface area contributed by atoms with Crippen molar-refractivity contribution in [1.82, 2.24) is 9.97 Å². The Morgan fingerprint density at radius 2 is 2.25 bits per heavy atom. The van der Waals surface area contributed by atoms with Crippen molar-refractivity contribution >= 4 is 17.7 Å². The molecule has 2 aromatic rings. The van der Waals surface area contributed by atoms with E-state index < -0.39 is 10.7 Å². The van der Waals surface area contributed by atoms with Crippen molar-refractivity contribution in [3.05, 3.63) is 63.4 Å². The number of halogens is 2. The quantitative estimate of drug-likeness (QED) is 0.491. The maximum atomic E-state index is 13.4. The largest absolute Gasteiger partial charge is 0.436 e. The third-order valence-corrected chi connectivity index (χ3v) is 2.33. The van der Waals surface area contributed by atoms with E-state index in [1.165, 1.54) is 12.1 Å².